The number of thiophene rings is 1. The number of aliphatic hydroxyl groups is 1. The Hall–Kier alpha value is -1.49. The number of hydrogen-bond acceptors (Lipinski definition) is 5. The van der Waals surface area contributed by atoms with E-state index in [0.717, 1.165) is 17.7 Å². The minimum atomic E-state index is -1.92. The fraction of sp³-hybridized carbons (Fsp3) is 0.611. The Morgan fingerprint density at radius 1 is 0.814 bits per heavy atom. The first-order valence-electron chi connectivity index (χ1n) is 16.0. The Labute approximate surface area is 269 Å². The van der Waals surface area contributed by atoms with Crippen molar-refractivity contribution in [3.8, 4) is 5.75 Å². The summed E-state index contributed by atoms with van der Waals surface area (Å²) in [6, 6.07) is 8.60. The van der Waals surface area contributed by atoms with Crippen molar-refractivity contribution in [1.29, 1.82) is 0 Å². The highest BCUT2D eigenvalue weighted by Crippen LogP contribution is 2.39. The van der Waals surface area contributed by atoms with Gasteiger partial charge in [0.15, 0.2) is 16.6 Å². The van der Waals surface area contributed by atoms with Crippen LogP contribution in [-0.2, 0) is 28.7 Å². The van der Waals surface area contributed by atoms with Crippen LogP contribution in [0.15, 0.2) is 47.9 Å². The summed E-state index contributed by atoms with van der Waals surface area (Å²) in [4.78, 5) is 1.18. The molecule has 1 heterocycles. The molecular formula is C36H60O4SSi2. The van der Waals surface area contributed by atoms with E-state index in [1.54, 1.807) is 11.3 Å². The minimum Gasteiger partial charge on any atom is -0.488 e. The zero-order valence-electron chi connectivity index (χ0n) is 29.4. The molecule has 0 amide bonds. The zero-order chi connectivity index (χ0) is 32.7. The Morgan fingerprint density at radius 3 is 1.88 bits per heavy atom. The predicted molar refractivity (Wildman–Crippen MR) is 192 cm³/mol. The van der Waals surface area contributed by atoms with E-state index in [0.29, 0.717) is 32.7 Å². The van der Waals surface area contributed by atoms with Crippen molar-refractivity contribution >= 4 is 33.5 Å². The molecule has 2 rings (SSSR count). The van der Waals surface area contributed by atoms with Gasteiger partial charge < -0.3 is 18.7 Å². The quantitative estimate of drug-likeness (QED) is 0.155. The van der Waals surface area contributed by atoms with E-state index < -0.39 is 22.2 Å². The molecule has 1 N–H and O–H groups in total. The molecule has 7 heteroatoms. The second-order valence-electron chi connectivity index (χ2n) is 14.8. The lowest BCUT2D eigenvalue weighted by atomic mass is 9.96. The number of allylic oxidation sites excluding steroid dienone is 3. The second-order valence-corrected chi connectivity index (χ2v) is 25.4. The van der Waals surface area contributed by atoms with Crippen LogP contribution in [0.1, 0.15) is 103 Å². The second kappa shape index (κ2) is 15.2. The van der Waals surface area contributed by atoms with Crippen molar-refractivity contribution in [2.75, 3.05) is 0 Å². The summed E-state index contributed by atoms with van der Waals surface area (Å²) in [5.74, 6) is 0.854. The summed E-state index contributed by atoms with van der Waals surface area (Å²) in [6.07, 6.45) is 8.40. The molecule has 43 heavy (non-hydrogen) atoms. The van der Waals surface area contributed by atoms with E-state index in [1.807, 2.05) is 26.0 Å². The number of rotatable bonds is 15. The normalized spacial score (nSPS) is 14.1. The molecular weight excluding hydrogens is 585 g/mol. The lowest BCUT2D eigenvalue weighted by molar-refractivity contribution is 0.0828. The molecule has 0 saturated heterocycles. The van der Waals surface area contributed by atoms with Crippen LogP contribution in [0.25, 0.3) is 5.57 Å². The first kappa shape index (κ1) is 37.7. The molecule has 0 aliphatic rings. The van der Waals surface area contributed by atoms with Crippen LogP contribution in [-0.4, -0.2) is 27.3 Å². The molecule has 0 unspecified atom stereocenters. The van der Waals surface area contributed by atoms with Crippen LogP contribution in [0, 0.1) is 0 Å². The topological polar surface area (TPSA) is 47.9 Å². The molecule has 0 saturated carbocycles. The van der Waals surface area contributed by atoms with Crippen molar-refractivity contribution in [2.24, 2.45) is 0 Å². The van der Waals surface area contributed by atoms with Gasteiger partial charge in [-0.3, -0.25) is 0 Å². The smallest absolute Gasteiger partial charge is 0.192 e. The third-order valence-electron chi connectivity index (χ3n) is 9.68. The van der Waals surface area contributed by atoms with Gasteiger partial charge in [0.1, 0.15) is 12.4 Å². The van der Waals surface area contributed by atoms with Gasteiger partial charge in [-0.1, -0.05) is 86.6 Å². The number of hydrogen-bond donors (Lipinski definition) is 1. The predicted octanol–water partition coefficient (Wildman–Crippen LogP) is 11.3. The Kier molecular flexibility index (Phi) is 13.3. The lowest BCUT2D eigenvalue weighted by Gasteiger charge is -2.37. The molecule has 0 atom stereocenters. The Balaban J connectivity index is 2.23. The standard InChI is InChI=1S/C36H60O4SSi2/c1-14-28(18-17-21-36(37,15-2)16-3)31-23-33(41-27-31)26-38-32-20-19-29(24-39-42(10,11)34(4,5)6)30(22-32)25-40-43(12,13)35(7,8)9/h17-23,27,37H,14-16,24-26H2,1-13H3. The van der Waals surface area contributed by atoms with Crippen LogP contribution >= 0.6 is 11.3 Å². The molecule has 0 fully saturated rings. The van der Waals surface area contributed by atoms with Gasteiger partial charge in [-0.2, -0.15) is 0 Å². The van der Waals surface area contributed by atoms with E-state index in [9.17, 15) is 5.11 Å². The minimum absolute atomic E-state index is 0.143. The maximum Gasteiger partial charge on any atom is 0.192 e. The summed E-state index contributed by atoms with van der Waals surface area (Å²) in [5.41, 5.74) is 4.07. The fourth-order valence-electron chi connectivity index (χ4n) is 3.94. The molecule has 2 aromatic rings. The van der Waals surface area contributed by atoms with Gasteiger partial charge in [-0.25, -0.2) is 0 Å². The van der Waals surface area contributed by atoms with Crippen LogP contribution in [0.5, 0.6) is 5.75 Å². The highest BCUT2D eigenvalue weighted by molar-refractivity contribution is 7.10. The van der Waals surface area contributed by atoms with E-state index in [4.69, 9.17) is 13.6 Å². The summed E-state index contributed by atoms with van der Waals surface area (Å²) in [7, 11) is -3.81. The number of benzene rings is 1. The summed E-state index contributed by atoms with van der Waals surface area (Å²) >= 11 is 1.72. The van der Waals surface area contributed by atoms with Gasteiger partial charge in [0.05, 0.1) is 18.8 Å². The molecule has 0 spiro atoms. The summed E-state index contributed by atoms with van der Waals surface area (Å²) in [5, 5.41) is 13.1. The van der Waals surface area contributed by atoms with Crippen molar-refractivity contribution in [1.82, 2.24) is 0 Å². The van der Waals surface area contributed by atoms with Gasteiger partial charge in [0.25, 0.3) is 0 Å². The third kappa shape index (κ3) is 10.8. The third-order valence-corrected chi connectivity index (χ3v) is 19.5. The molecule has 4 nitrogen and oxygen atoms in total. The van der Waals surface area contributed by atoms with Crippen molar-refractivity contribution in [3.05, 3.63) is 69.4 Å². The van der Waals surface area contributed by atoms with Gasteiger partial charge >= 0.3 is 0 Å². The van der Waals surface area contributed by atoms with E-state index >= 15 is 0 Å². The molecule has 0 radical (unpaired) electrons. The van der Waals surface area contributed by atoms with Crippen LogP contribution in [0.3, 0.4) is 0 Å². The number of ether oxygens (including phenoxy) is 1. The average Bonchev–Trinajstić information content (AvgIpc) is 3.40. The fourth-order valence-corrected chi connectivity index (χ4v) is 6.66. The van der Waals surface area contributed by atoms with Gasteiger partial charge in [-0.05, 0) is 101 Å². The molecule has 242 valence electrons. The lowest BCUT2D eigenvalue weighted by Crippen LogP contribution is -2.41. The first-order chi connectivity index (χ1) is 19.8. The molecule has 0 aliphatic heterocycles. The van der Waals surface area contributed by atoms with Gasteiger partial charge in [0.2, 0.25) is 0 Å². The van der Waals surface area contributed by atoms with Crippen molar-refractivity contribution < 1.29 is 18.7 Å². The highest BCUT2D eigenvalue weighted by atomic mass is 32.1. The van der Waals surface area contributed by atoms with Gasteiger partial charge in [0, 0.05) is 4.88 Å². The molecule has 0 bridgehead atoms. The largest absolute Gasteiger partial charge is 0.488 e. The maximum atomic E-state index is 10.6. The van der Waals surface area contributed by atoms with Gasteiger partial charge in [-0.15, -0.1) is 11.3 Å². The van der Waals surface area contributed by atoms with Crippen LogP contribution < -0.4 is 4.74 Å². The van der Waals surface area contributed by atoms with Crippen LogP contribution in [0.2, 0.25) is 36.3 Å². The van der Waals surface area contributed by atoms with Crippen molar-refractivity contribution in [3.63, 3.8) is 0 Å². The molecule has 1 aromatic heterocycles. The van der Waals surface area contributed by atoms with E-state index in [1.165, 1.54) is 21.6 Å². The maximum absolute atomic E-state index is 10.6. The molecule has 1 aromatic carbocycles. The SMILES string of the molecule is CCC(=CC=CC(O)(CC)CC)c1csc(COc2ccc(CO[Si](C)(C)C(C)(C)C)c(CO[Si](C)(C)C(C)(C)C)c2)c1. The molecule has 0 aliphatic carbocycles. The highest BCUT2D eigenvalue weighted by Gasteiger charge is 2.38. The van der Waals surface area contributed by atoms with E-state index in [-0.39, 0.29) is 10.1 Å². The summed E-state index contributed by atoms with van der Waals surface area (Å²) in [6.45, 7) is 30.8. The summed E-state index contributed by atoms with van der Waals surface area (Å²) < 4.78 is 19.6. The first-order valence-corrected chi connectivity index (χ1v) is 22.7. The van der Waals surface area contributed by atoms with E-state index in [2.05, 4.69) is 110 Å². The average molecular weight is 645 g/mol. The Morgan fingerprint density at radius 2 is 1.37 bits per heavy atom. The van der Waals surface area contributed by atoms with Crippen molar-refractivity contribution in [2.45, 2.75) is 143 Å². The van der Waals surface area contributed by atoms with Crippen LogP contribution in [0.4, 0.5) is 0 Å². The monoisotopic (exact) mass is 644 g/mol. The Bertz CT molecular complexity index is 1220. The zero-order valence-corrected chi connectivity index (χ0v) is 32.3.